The molecule has 0 saturated carbocycles. The zero-order valence-corrected chi connectivity index (χ0v) is 30.0. The third-order valence-corrected chi connectivity index (χ3v) is 9.09. The number of pyridine rings is 2. The molecule has 0 atom stereocenters. The molecule has 2 N–H and O–H groups in total. The molecule has 0 aliphatic rings. The fourth-order valence-electron chi connectivity index (χ4n) is 6.38. The molecule has 2 rings (SSSR count). The van der Waals surface area contributed by atoms with Gasteiger partial charge in [-0.2, -0.15) is 0 Å². The van der Waals surface area contributed by atoms with Crippen LogP contribution in [0.15, 0.2) is 24.8 Å². The second-order valence-corrected chi connectivity index (χ2v) is 13.4. The van der Waals surface area contributed by atoms with Gasteiger partial charge in [-0.25, -0.2) is 0 Å². The van der Waals surface area contributed by atoms with Crippen molar-refractivity contribution in [1.82, 2.24) is 20.6 Å². The van der Waals surface area contributed by atoms with Crippen molar-refractivity contribution in [3.63, 3.8) is 0 Å². The Bertz CT molecular complexity index is 1030. The molecule has 0 bridgehead atoms. The van der Waals surface area contributed by atoms with Crippen molar-refractivity contribution >= 4 is 11.8 Å². The number of aryl methyl sites for hydroxylation is 2. The van der Waals surface area contributed by atoms with E-state index in [-0.39, 0.29) is 24.7 Å². The van der Waals surface area contributed by atoms with E-state index >= 15 is 0 Å². The summed E-state index contributed by atoms with van der Waals surface area (Å²) in [5.74, 6) is 0.0409. The predicted molar refractivity (Wildman–Crippen MR) is 194 cm³/mol. The highest BCUT2D eigenvalue weighted by Crippen LogP contribution is 2.33. The van der Waals surface area contributed by atoms with Crippen LogP contribution in [0.5, 0.6) is 0 Å². The van der Waals surface area contributed by atoms with Gasteiger partial charge in [-0.1, -0.05) is 129 Å². The van der Waals surface area contributed by atoms with E-state index < -0.39 is 0 Å². The summed E-state index contributed by atoms with van der Waals surface area (Å²) >= 11 is 0. The van der Waals surface area contributed by atoms with Gasteiger partial charge in [0.1, 0.15) is 0 Å². The number of nitrogens with zero attached hydrogens (tertiary/aromatic N) is 2. The van der Waals surface area contributed by atoms with Crippen LogP contribution >= 0.6 is 0 Å². The molecule has 2 heterocycles. The van der Waals surface area contributed by atoms with Crippen molar-refractivity contribution < 1.29 is 9.59 Å². The summed E-state index contributed by atoms with van der Waals surface area (Å²) in [5.41, 5.74) is 5.79. The van der Waals surface area contributed by atoms with Crippen LogP contribution in [0, 0.1) is 13.8 Å². The molecular formula is C40H66N4O2. The van der Waals surface area contributed by atoms with Gasteiger partial charge < -0.3 is 10.6 Å². The first-order valence-corrected chi connectivity index (χ1v) is 18.9. The Morgan fingerprint density at radius 3 is 1.11 bits per heavy atom. The zero-order chi connectivity index (χ0) is 33.2. The average molecular weight is 635 g/mol. The summed E-state index contributed by atoms with van der Waals surface area (Å²) in [4.78, 5) is 34.8. The molecule has 0 aliphatic heterocycles. The highest BCUT2D eigenvalue weighted by atomic mass is 16.2. The van der Waals surface area contributed by atoms with Crippen molar-refractivity contribution in [2.45, 2.75) is 169 Å². The smallest absolute Gasteiger partial charge is 0.224 e. The molecule has 2 aromatic rings. The molecule has 0 spiro atoms. The molecule has 258 valence electrons. The maximum atomic E-state index is 13.0. The van der Waals surface area contributed by atoms with Gasteiger partial charge in [0.15, 0.2) is 0 Å². The van der Waals surface area contributed by atoms with Crippen molar-refractivity contribution in [2.24, 2.45) is 0 Å². The van der Waals surface area contributed by atoms with E-state index in [1.807, 2.05) is 26.2 Å². The highest BCUT2D eigenvalue weighted by Gasteiger charge is 2.19. The quantitative estimate of drug-likeness (QED) is 0.0958. The number of nitrogens with one attached hydrogen (secondary N) is 2. The standard InChI is InChI=1S/C40H66N4O2/c1-5-7-9-11-13-15-17-19-21-23-25-43-37(45)27-35-31-41-29-33(3)39(35)40-34(4)30-42-32-36(40)28-38(46)44-26-24-22-20-18-16-14-12-10-8-6-2/h29-32H,5-28H2,1-4H3,(H,43,45)(H,44,46). The van der Waals surface area contributed by atoms with Gasteiger partial charge in [-0.15, -0.1) is 0 Å². The second-order valence-electron chi connectivity index (χ2n) is 13.4. The number of aromatic nitrogens is 2. The van der Waals surface area contributed by atoms with Crippen LogP contribution in [0.4, 0.5) is 0 Å². The van der Waals surface area contributed by atoms with Gasteiger partial charge in [-0.05, 0) is 60.1 Å². The lowest BCUT2D eigenvalue weighted by Gasteiger charge is -2.18. The Kier molecular flexibility index (Phi) is 21.7. The SMILES string of the molecule is CCCCCCCCCCCCNC(=O)Cc1cncc(C)c1-c1c(C)cncc1CC(=O)NCCCCCCCCCCCC. The first kappa shape index (κ1) is 39.4. The van der Waals surface area contributed by atoms with Crippen LogP contribution in [-0.2, 0) is 22.4 Å². The van der Waals surface area contributed by atoms with Crippen LogP contribution in [0.2, 0.25) is 0 Å². The Morgan fingerprint density at radius 2 is 0.783 bits per heavy atom. The summed E-state index contributed by atoms with van der Waals surface area (Å²) in [7, 11) is 0. The summed E-state index contributed by atoms with van der Waals surface area (Å²) in [5, 5.41) is 6.25. The van der Waals surface area contributed by atoms with Gasteiger partial charge >= 0.3 is 0 Å². The molecule has 0 aromatic carbocycles. The molecule has 0 aliphatic carbocycles. The Balaban J connectivity index is 1.82. The number of amides is 2. The van der Waals surface area contributed by atoms with Gasteiger partial charge in [0, 0.05) is 37.9 Å². The van der Waals surface area contributed by atoms with E-state index in [1.165, 1.54) is 103 Å². The highest BCUT2D eigenvalue weighted by molar-refractivity contribution is 5.86. The van der Waals surface area contributed by atoms with Crippen molar-refractivity contribution in [2.75, 3.05) is 13.1 Å². The summed E-state index contributed by atoms with van der Waals surface area (Å²) < 4.78 is 0. The minimum Gasteiger partial charge on any atom is -0.356 e. The third kappa shape index (κ3) is 16.7. The predicted octanol–water partition coefficient (Wildman–Crippen LogP) is 9.92. The van der Waals surface area contributed by atoms with E-state index in [4.69, 9.17) is 0 Å². The first-order chi connectivity index (χ1) is 22.5. The van der Waals surface area contributed by atoms with E-state index in [1.54, 1.807) is 12.4 Å². The summed E-state index contributed by atoms with van der Waals surface area (Å²) in [6.45, 7) is 10.0. The summed E-state index contributed by atoms with van der Waals surface area (Å²) in [6.07, 6.45) is 33.4. The van der Waals surface area contributed by atoms with E-state index in [0.29, 0.717) is 13.1 Å². The van der Waals surface area contributed by atoms with Crippen LogP contribution in [0.1, 0.15) is 165 Å². The lowest BCUT2D eigenvalue weighted by Crippen LogP contribution is -2.27. The maximum Gasteiger partial charge on any atom is 0.224 e. The molecule has 0 unspecified atom stereocenters. The largest absolute Gasteiger partial charge is 0.356 e. The lowest BCUT2D eigenvalue weighted by molar-refractivity contribution is -0.121. The van der Waals surface area contributed by atoms with Crippen LogP contribution in [0.25, 0.3) is 11.1 Å². The molecule has 46 heavy (non-hydrogen) atoms. The fourth-order valence-corrected chi connectivity index (χ4v) is 6.38. The molecule has 2 amide bonds. The van der Waals surface area contributed by atoms with Crippen LogP contribution in [0.3, 0.4) is 0 Å². The fraction of sp³-hybridized carbons (Fsp3) is 0.700. The van der Waals surface area contributed by atoms with Gasteiger partial charge in [0.05, 0.1) is 12.8 Å². The third-order valence-electron chi connectivity index (χ3n) is 9.09. The number of hydrogen-bond donors (Lipinski definition) is 2. The number of hydrogen-bond acceptors (Lipinski definition) is 4. The number of unbranched alkanes of at least 4 members (excludes halogenated alkanes) is 18. The molecule has 0 fully saturated rings. The number of carbonyl (C=O) groups excluding carboxylic acids is 2. The van der Waals surface area contributed by atoms with E-state index in [2.05, 4.69) is 34.4 Å². The Hall–Kier alpha value is -2.76. The molecule has 0 saturated heterocycles. The monoisotopic (exact) mass is 635 g/mol. The van der Waals surface area contributed by atoms with Gasteiger partial charge in [0.2, 0.25) is 11.8 Å². The summed E-state index contributed by atoms with van der Waals surface area (Å²) in [6, 6.07) is 0. The zero-order valence-electron chi connectivity index (χ0n) is 30.0. The average Bonchev–Trinajstić information content (AvgIpc) is 3.03. The normalized spacial score (nSPS) is 11.1. The van der Waals surface area contributed by atoms with Crippen molar-refractivity contribution in [3.05, 3.63) is 47.0 Å². The van der Waals surface area contributed by atoms with Crippen molar-refractivity contribution in [3.8, 4) is 11.1 Å². The Labute approximate surface area is 281 Å². The van der Waals surface area contributed by atoms with E-state index in [0.717, 1.165) is 59.1 Å². The second kappa shape index (κ2) is 25.3. The van der Waals surface area contributed by atoms with Crippen molar-refractivity contribution in [1.29, 1.82) is 0 Å². The number of rotatable bonds is 27. The first-order valence-electron chi connectivity index (χ1n) is 18.9. The molecule has 6 heteroatoms. The maximum absolute atomic E-state index is 13.0. The van der Waals surface area contributed by atoms with Gasteiger partial charge in [0.25, 0.3) is 0 Å². The molecule has 2 aromatic heterocycles. The molecule has 6 nitrogen and oxygen atoms in total. The lowest BCUT2D eigenvalue weighted by atomic mass is 9.89. The van der Waals surface area contributed by atoms with Crippen LogP contribution in [-0.4, -0.2) is 34.9 Å². The molecular weight excluding hydrogens is 568 g/mol. The minimum absolute atomic E-state index is 0.0204. The molecule has 0 radical (unpaired) electrons. The Morgan fingerprint density at radius 1 is 0.478 bits per heavy atom. The topological polar surface area (TPSA) is 84.0 Å². The van der Waals surface area contributed by atoms with E-state index in [9.17, 15) is 9.59 Å². The van der Waals surface area contributed by atoms with Crippen LogP contribution < -0.4 is 10.6 Å². The minimum atomic E-state index is 0.0204. The van der Waals surface area contributed by atoms with Gasteiger partial charge in [-0.3, -0.25) is 19.6 Å². The number of carbonyl (C=O) groups is 2.